The third kappa shape index (κ3) is 7.14. The zero-order chi connectivity index (χ0) is 31.3. The van der Waals surface area contributed by atoms with Gasteiger partial charge in [0.05, 0.1) is 0 Å². The lowest BCUT2D eigenvalue weighted by molar-refractivity contribution is 0.590. The molecule has 42 heavy (non-hydrogen) atoms. The van der Waals surface area contributed by atoms with Gasteiger partial charge in [-0.15, -0.1) is 0 Å². The molecular formula is C40H49B2. The smallest absolute Gasteiger partial charge is 0.0887 e. The fourth-order valence-corrected chi connectivity index (χ4v) is 5.40. The molecule has 0 aliphatic carbocycles. The maximum Gasteiger partial charge on any atom is 0.193 e. The molecule has 0 aliphatic rings. The Morgan fingerprint density at radius 2 is 0.762 bits per heavy atom. The molecular weight excluding hydrogens is 502 g/mol. The molecule has 2 heteroatoms. The molecule has 0 amide bonds. The quantitative estimate of drug-likeness (QED) is 0.223. The van der Waals surface area contributed by atoms with Crippen LogP contribution >= 0.6 is 0 Å². The molecule has 4 aromatic rings. The molecule has 0 bridgehead atoms. The van der Waals surface area contributed by atoms with E-state index in [0.717, 1.165) is 16.6 Å². The molecule has 0 atom stereocenters. The van der Waals surface area contributed by atoms with Crippen LogP contribution in [0, 0.1) is 0 Å². The predicted octanol–water partition coefficient (Wildman–Crippen LogP) is 8.66. The zero-order valence-electron chi connectivity index (χ0n) is 28.2. The Kier molecular flexibility index (Phi) is 8.56. The molecule has 0 heterocycles. The van der Waals surface area contributed by atoms with Crippen LogP contribution in [0.4, 0.5) is 0 Å². The molecule has 0 nitrogen and oxygen atoms in total. The van der Waals surface area contributed by atoms with Gasteiger partial charge in [-0.2, -0.15) is 0 Å². The molecule has 4 rings (SSSR count). The standard InChI is InChI=1S/C40H49B2/c1-37(2,3)27-15-13-26(14-16-27)31-20-17-29(39(7,8)9)24-35(31)42-36-25-30(40(10,11)12)19-22-33(36)32-21-18-28(23-34(32)41)38(4,5)6/h13-25H,1-12H3. The number of benzene rings is 4. The maximum absolute atomic E-state index is 6.77. The van der Waals surface area contributed by atoms with Gasteiger partial charge in [0.2, 0.25) is 0 Å². The Balaban J connectivity index is 1.91. The fraction of sp³-hybridized carbons (Fsp3) is 0.400. The van der Waals surface area contributed by atoms with Crippen molar-refractivity contribution in [2.24, 2.45) is 0 Å². The van der Waals surface area contributed by atoms with Gasteiger partial charge in [-0.05, 0) is 66.2 Å². The first kappa shape index (κ1) is 31.9. The minimum Gasteiger partial charge on any atom is -0.0887 e. The van der Waals surface area contributed by atoms with Crippen molar-refractivity contribution in [3.8, 4) is 22.3 Å². The lowest BCUT2D eigenvalue weighted by Gasteiger charge is -2.25. The van der Waals surface area contributed by atoms with Gasteiger partial charge in [0.15, 0.2) is 7.28 Å². The molecule has 0 unspecified atom stereocenters. The number of hydrogen-bond acceptors (Lipinski definition) is 0. The summed E-state index contributed by atoms with van der Waals surface area (Å²) >= 11 is 0. The van der Waals surface area contributed by atoms with E-state index in [1.807, 2.05) is 0 Å². The molecule has 0 saturated heterocycles. The van der Waals surface area contributed by atoms with Crippen LogP contribution in [0.1, 0.15) is 105 Å². The highest BCUT2D eigenvalue weighted by Gasteiger charge is 2.22. The second-order valence-electron chi connectivity index (χ2n) is 16.1. The van der Waals surface area contributed by atoms with E-state index in [9.17, 15) is 0 Å². The summed E-state index contributed by atoms with van der Waals surface area (Å²) in [5, 5.41) is 0. The third-order valence-electron chi connectivity index (χ3n) is 8.42. The number of rotatable bonds is 4. The Morgan fingerprint density at radius 1 is 0.405 bits per heavy atom. The van der Waals surface area contributed by atoms with Crippen LogP contribution in [0.5, 0.6) is 0 Å². The van der Waals surface area contributed by atoms with Crippen LogP contribution in [0.2, 0.25) is 0 Å². The summed E-state index contributed by atoms with van der Waals surface area (Å²) in [5.74, 6) is 0. The average molecular weight is 551 g/mol. The molecule has 0 saturated carbocycles. The third-order valence-corrected chi connectivity index (χ3v) is 8.42. The van der Waals surface area contributed by atoms with E-state index in [0.29, 0.717) is 0 Å². The SMILES string of the molecule is [B]c1cc(C(C)(C)C)ccc1-c1ccc(C(C)(C)C)cc1[B]c1cc(C(C)(C)C)ccc1-c1ccc(C(C)(C)C)cc1. The Hall–Kier alpha value is -2.99. The van der Waals surface area contributed by atoms with Crippen molar-refractivity contribution in [3.63, 3.8) is 0 Å². The summed E-state index contributed by atoms with van der Waals surface area (Å²) in [5.41, 5.74) is 13.4. The van der Waals surface area contributed by atoms with Gasteiger partial charge in [-0.1, -0.05) is 178 Å². The summed E-state index contributed by atoms with van der Waals surface area (Å²) in [7, 11) is 9.15. The predicted molar refractivity (Wildman–Crippen MR) is 189 cm³/mol. The van der Waals surface area contributed by atoms with Crippen LogP contribution < -0.4 is 16.4 Å². The van der Waals surface area contributed by atoms with Gasteiger partial charge < -0.3 is 0 Å². The summed E-state index contributed by atoms with van der Waals surface area (Å²) in [6.07, 6.45) is 0. The van der Waals surface area contributed by atoms with Crippen molar-refractivity contribution < 1.29 is 0 Å². The van der Waals surface area contributed by atoms with Gasteiger partial charge >= 0.3 is 0 Å². The van der Waals surface area contributed by atoms with E-state index < -0.39 is 0 Å². The van der Waals surface area contributed by atoms with E-state index in [2.05, 4.69) is 169 Å². The first-order chi connectivity index (χ1) is 19.2. The minimum atomic E-state index is 0.0294. The van der Waals surface area contributed by atoms with Crippen LogP contribution in [0.15, 0.2) is 78.9 Å². The molecule has 0 aromatic heterocycles. The van der Waals surface area contributed by atoms with Crippen LogP contribution in [0.3, 0.4) is 0 Å². The second kappa shape index (κ2) is 11.3. The minimum absolute atomic E-state index is 0.0294. The first-order valence-electron chi connectivity index (χ1n) is 15.4. The summed E-state index contributed by atoms with van der Waals surface area (Å²) < 4.78 is 0. The molecule has 3 radical (unpaired) electrons. The Bertz CT molecular complexity index is 1560. The van der Waals surface area contributed by atoms with Crippen molar-refractivity contribution in [2.75, 3.05) is 0 Å². The van der Waals surface area contributed by atoms with Crippen molar-refractivity contribution >= 4 is 31.5 Å². The highest BCUT2D eigenvalue weighted by atomic mass is 14.2. The molecule has 4 aromatic carbocycles. The molecule has 0 N–H and O–H groups in total. The molecule has 215 valence electrons. The lowest BCUT2D eigenvalue weighted by Crippen LogP contribution is -2.33. The highest BCUT2D eigenvalue weighted by molar-refractivity contribution is 6.70. The van der Waals surface area contributed by atoms with Crippen molar-refractivity contribution in [1.29, 1.82) is 0 Å². The van der Waals surface area contributed by atoms with Gasteiger partial charge in [-0.3, -0.25) is 0 Å². The molecule has 0 spiro atoms. The molecule has 0 fully saturated rings. The summed E-state index contributed by atoms with van der Waals surface area (Å²) in [4.78, 5) is 0. The summed E-state index contributed by atoms with van der Waals surface area (Å²) in [6.45, 7) is 27.2. The van der Waals surface area contributed by atoms with E-state index in [4.69, 9.17) is 7.85 Å². The van der Waals surface area contributed by atoms with Gasteiger partial charge in [-0.25, -0.2) is 0 Å². The van der Waals surface area contributed by atoms with Crippen LogP contribution in [-0.4, -0.2) is 15.1 Å². The van der Waals surface area contributed by atoms with Crippen molar-refractivity contribution in [1.82, 2.24) is 0 Å². The van der Waals surface area contributed by atoms with Gasteiger partial charge in [0.25, 0.3) is 0 Å². The normalized spacial score (nSPS) is 12.9. The Labute approximate surface area is 259 Å². The largest absolute Gasteiger partial charge is 0.193 e. The van der Waals surface area contributed by atoms with E-state index >= 15 is 0 Å². The first-order valence-corrected chi connectivity index (χ1v) is 15.4. The average Bonchev–Trinajstić information content (AvgIpc) is 2.87. The van der Waals surface area contributed by atoms with E-state index in [-0.39, 0.29) is 21.7 Å². The highest BCUT2D eigenvalue weighted by Crippen LogP contribution is 2.30. The number of hydrogen-bond donors (Lipinski definition) is 0. The van der Waals surface area contributed by atoms with Crippen molar-refractivity contribution in [2.45, 2.75) is 105 Å². The zero-order valence-corrected chi connectivity index (χ0v) is 28.2. The van der Waals surface area contributed by atoms with Crippen LogP contribution in [-0.2, 0) is 21.7 Å². The van der Waals surface area contributed by atoms with Gasteiger partial charge in [0.1, 0.15) is 7.85 Å². The van der Waals surface area contributed by atoms with Gasteiger partial charge in [0, 0.05) is 0 Å². The molecule has 0 aliphatic heterocycles. The topological polar surface area (TPSA) is 0 Å². The van der Waals surface area contributed by atoms with E-state index in [1.54, 1.807) is 0 Å². The maximum atomic E-state index is 6.77. The Morgan fingerprint density at radius 3 is 1.19 bits per heavy atom. The summed E-state index contributed by atoms with van der Waals surface area (Å²) in [6, 6.07) is 29.6. The fourth-order valence-electron chi connectivity index (χ4n) is 5.40. The monoisotopic (exact) mass is 551 g/mol. The van der Waals surface area contributed by atoms with Crippen molar-refractivity contribution in [3.05, 3.63) is 101 Å². The second-order valence-corrected chi connectivity index (χ2v) is 16.1. The van der Waals surface area contributed by atoms with Crippen LogP contribution in [0.25, 0.3) is 22.3 Å². The lowest BCUT2D eigenvalue weighted by atomic mass is 9.58. The van der Waals surface area contributed by atoms with E-state index in [1.165, 1.54) is 44.3 Å².